The average Bonchev–Trinajstić information content (AvgIpc) is 2.03. The number of rotatable bonds is 5. The van der Waals surface area contributed by atoms with E-state index >= 15 is 0 Å². The topological polar surface area (TPSA) is 35.5 Å². The molecule has 0 fully saturated rings. The van der Waals surface area contributed by atoms with E-state index in [1.54, 1.807) is 6.92 Å². The Morgan fingerprint density at radius 2 is 2.15 bits per heavy atom. The molecule has 0 heterocycles. The Labute approximate surface area is 79.7 Å². The van der Waals surface area contributed by atoms with Crippen molar-refractivity contribution in [3.63, 3.8) is 0 Å². The summed E-state index contributed by atoms with van der Waals surface area (Å²) < 4.78 is 10.3. The van der Waals surface area contributed by atoms with Gasteiger partial charge in [0.1, 0.15) is 0 Å². The van der Waals surface area contributed by atoms with Crippen molar-refractivity contribution in [2.45, 2.75) is 46.0 Å². The summed E-state index contributed by atoms with van der Waals surface area (Å²) in [5, 5.41) is 0. The third-order valence-electron chi connectivity index (χ3n) is 1.79. The molecule has 0 amide bonds. The minimum absolute atomic E-state index is 0.263. The molecule has 0 aliphatic rings. The highest BCUT2D eigenvalue weighted by Gasteiger charge is 2.20. The van der Waals surface area contributed by atoms with E-state index in [0.29, 0.717) is 0 Å². The second kappa shape index (κ2) is 5.02. The van der Waals surface area contributed by atoms with Crippen molar-refractivity contribution in [1.82, 2.24) is 0 Å². The molecule has 3 nitrogen and oxygen atoms in total. The Kier molecular flexibility index (Phi) is 4.70. The van der Waals surface area contributed by atoms with Crippen molar-refractivity contribution in [1.29, 1.82) is 0 Å². The quantitative estimate of drug-likeness (QED) is 0.375. The second-order valence-electron chi connectivity index (χ2n) is 3.44. The van der Waals surface area contributed by atoms with Crippen LogP contribution < -0.4 is 0 Å². The lowest BCUT2D eigenvalue weighted by atomic mass is 10.1. The maximum Gasteiger partial charge on any atom is 0.332 e. The zero-order chi connectivity index (χ0) is 10.5. The molecule has 0 saturated carbocycles. The summed E-state index contributed by atoms with van der Waals surface area (Å²) in [5.74, 6) is -0.459. The van der Waals surface area contributed by atoms with Crippen molar-refractivity contribution >= 4 is 5.97 Å². The van der Waals surface area contributed by atoms with Gasteiger partial charge in [0.15, 0.2) is 0 Å². The van der Waals surface area contributed by atoms with Gasteiger partial charge in [0.2, 0.25) is 6.29 Å². The molecule has 0 bridgehead atoms. The van der Waals surface area contributed by atoms with E-state index in [-0.39, 0.29) is 5.60 Å². The second-order valence-corrected chi connectivity index (χ2v) is 3.44. The van der Waals surface area contributed by atoms with Crippen molar-refractivity contribution in [3.05, 3.63) is 12.7 Å². The van der Waals surface area contributed by atoms with E-state index in [4.69, 9.17) is 9.47 Å². The monoisotopic (exact) mass is 186 g/mol. The van der Waals surface area contributed by atoms with Crippen molar-refractivity contribution in [2.24, 2.45) is 0 Å². The van der Waals surface area contributed by atoms with Gasteiger partial charge in [-0.1, -0.05) is 13.5 Å². The molecule has 1 unspecified atom stereocenters. The molecule has 0 aromatic rings. The number of carbonyl (C=O) groups is 1. The van der Waals surface area contributed by atoms with Crippen LogP contribution in [0.5, 0.6) is 0 Å². The molecule has 76 valence electrons. The lowest BCUT2D eigenvalue weighted by molar-refractivity contribution is -0.196. The molecular weight excluding hydrogens is 168 g/mol. The van der Waals surface area contributed by atoms with Crippen LogP contribution in [-0.2, 0) is 14.3 Å². The van der Waals surface area contributed by atoms with Crippen LogP contribution in [0.25, 0.3) is 0 Å². The van der Waals surface area contributed by atoms with Crippen LogP contribution >= 0.6 is 0 Å². The SMILES string of the molecule is C=CC(=O)OC(C)OC(C)(C)CC. The first-order chi connectivity index (χ1) is 5.91. The van der Waals surface area contributed by atoms with E-state index in [1.807, 2.05) is 20.8 Å². The fourth-order valence-corrected chi connectivity index (χ4v) is 0.768. The highest BCUT2D eigenvalue weighted by molar-refractivity contribution is 5.81. The first-order valence-electron chi connectivity index (χ1n) is 4.42. The van der Waals surface area contributed by atoms with Gasteiger partial charge in [-0.05, 0) is 27.2 Å². The maximum atomic E-state index is 10.8. The fraction of sp³-hybridized carbons (Fsp3) is 0.700. The molecule has 13 heavy (non-hydrogen) atoms. The van der Waals surface area contributed by atoms with Gasteiger partial charge in [-0.15, -0.1) is 0 Å². The lowest BCUT2D eigenvalue weighted by Gasteiger charge is -2.27. The van der Waals surface area contributed by atoms with E-state index in [9.17, 15) is 4.79 Å². The summed E-state index contributed by atoms with van der Waals surface area (Å²) in [4.78, 5) is 10.8. The molecule has 3 heteroatoms. The Bertz CT molecular complexity index is 185. The predicted molar refractivity (Wildman–Crippen MR) is 51.2 cm³/mol. The van der Waals surface area contributed by atoms with E-state index in [0.717, 1.165) is 12.5 Å². The van der Waals surface area contributed by atoms with Crippen LogP contribution in [0.15, 0.2) is 12.7 Å². The molecule has 0 aliphatic carbocycles. The fourth-order valence-electron chi connectivity index (χ4n) is 0.768. The van der Waals surface area contributed by atoms with Gasteiger partial charge in [-0.3, -0.25) is 0 Å². The Hall–Kier alpha value is -0.830. The van der Waals surface area contributed by atoms with Crippen LogP contribution in [-0.4, -0.2) is 17.9 Å². The van der Waals surface area contributed by atoms with Crippen LogP contribution in [0, 0.1) is 0 Å². The lowest BCUT2D eigenvalue weighted by Crippen LogP contribution is -2.30. The van der Waals surface area contributed by atoms with Crippen molar-refractivity contribution in [3.8, 4) is 0 Å². The predicted octanol–water partition coefficient (Wildman–Crippen LogP) is 2.27. The third-order valence-corrected chi connectivity index (χ3v) is 1.79. The first kappa shape index (κ1) is 12.2. The zero-order valence-electron chi connectivity index (χ0n) is 8.79. The highest BCUT2D eigenvalue weighted by Crippen LogP contribution is 2.16. The summed E-state index contributed by atoms with van der Waals surface area (Å²) in [5.41, 5.74) is -0.263. The highest BCUT2D eigenvalue weighted by atomic mass is 16.7. The summed E-state index contributed by atoms with van der Waals surface area (Å²) in [6.45, 7) is 10.9. The van der Waals surface area contributed by atoms with Crippen LogP contribution in [0.1, 0.15) is 34.1 Å². The minimum Gasteiger partial charge on any atom is -0.433 e. The number of hydrogen-bond donors (Lipinski definition) is 0. The largest absolute Gasteiger partial charge is 0.433 e. The molecule has 0 spiro atoms. The molecule has 0 aromatic heterocycles. The van der Waals surface area contributed by atoms with E-state index in [2.05, 4.69) is 6.58 Å². The smallest absolute Gasteiger partial charge is 0.332 e. The van der Waals surface area contributed by atoms with Gasteiger partial charge >= 0.3 is 5.97 Å². The number of esters is 1. The number of ether oxygens (including phenoxy) is 2. The Morgan fingerprint density at radius 3 is 2.54 bits per heavy atom. The van der Waals surface area contributed by atoms with E-state index in [1.165, 1.54) is 0 Å². The molecule has 0 aromatic carbocycles. The van der Waals surface area contributed by atoms with Crippen molar-refractivity contribution in [2.75, 3.05) is 0 Å². The molecule has 0 saturated heterocycles. The average molecular weight is 186 g/mol. The minimum atomic E-state index is -0.527. The molecular formula is C10H18O3. The van der Waals surface area contributed by atoms with Gasteiger partial charge in [-0.25, -0.2) is 4.79 Å². The zero-order valence-corrected chi connectivity index (χ0v) is 8.79. The molecule has 0 radical (unpaired) electrons. The summed E-state index contributed by atoms with van der Waals surface area (Å²) in [7, 11) is 0. The molecule has 1 atom stereocenters. The Balaban J connectivity index is 3.93. The summed E-state index contributed by atoms with van der Waals surface area (Å²) in [6.07, 6.45) is 1.46. The van der Waals surface area contributed by atoms with Gasteiger partial charge < -0.3 is 9.47 Å². The molecule has 0 aliphatic heterocycles. The normalized spacial score (nSPS) is 13.5. The Morgan fingerprint density at radius 1 is 1.62 bits per heavy atom. The number of hydrogen-bond acceptors (Lipinski definition) is 3. The number of carbonyl (C=O) groups excluding carboxylic acids is 1. The molecule has 0 rings (SSSR count). The van der Waals surface area contributed by atoms with E-state index < -0.39 is 12.3 Å². The van der Waals surface area contributed by atoms with Crippen LogP contribution in [0.4, 0.5) is 0 Å². The van der Waals surface area contributed by atoms with Gasteiger partial charge in [0.05, 0.1) is 5.60 Å². The first-order valence-corrected chi connectivity index (χ1v) is 4.42. The third kappa shape index (κ3) is 5.42. The van der Waals surface area contributed by atoms with Crippen LogP contribution in [0.3, 0.4) is 0 Å². The standard InChI is InChI=1S/C10H18O3/c1-6-9(11)12-8(3)13-10(4,5)7-2/h6,8H,1,7H2,2-5H3. The van der Waals surface area contributed by atoms with Crippen molar-refractivity contribution < 1.29 is 14.3 Å². The van der Waals surface area contributed by atoms with Gasteiger partial charge in [-0.2, -0.15) is 0 Å². The summed E-state index contributed by atoms with van der Waals surface area (Å²) >= 11 is 0. The maximum absolute atomic E-state index is 10.8. The van der Waals surface area contributed by atoms with Gasteiger partial charge in [0.25, 0.3) is 0 Å². The van der Waals surface area contributed by atoms with Crippen LogP contribution in [0.2, 0.25) is 0 Å². The molecule has 0 N–H and O–H groups in total. The van der Waals surface area contributed by atoms with Gasteiger partial charge in [0, 0.05) is 6.08 Å². The summed E-state index contributed by atoms with van der Waals surface area (Å²) in [6, 6.07) is 0.